The van der Waals surface area contributed by atoms with Gasteiger partial charge in [-0.3, -0.25) is 4.68 Å². The van der Waals surface area contributed by atoms with Gasteiger partial charge in [-0.2, -0.15) is 10.1 Å². The molecule has 2 aromatic heterocycles. The van der Waals surface area contributed by atoms with Crippen molar-refractivity contribution >= 4 is 23.0 Å². The lowest BCUT2D eigenvalue weighted by molar-refractivity contribution is 0.0282. The predicted octanol–water partition coefficient (Wildman–Crippen LogP) is 3.97. The van der Waals surface area contributed by atoms with Crippen molar-refractivity contribution in [2.45, 2.75) is 46.3 Å². The summed E-state index contributed by atoms with van der Waals surface area (Å²) >= 11 is 0. The predicted molar refractivity (Wildman–Crippen MR) is 120 cm³/mol. The summed E-state index contributed by atoms with van der Waals surface area (Å²) in [5.74, 6) is 1.34. The average molecular weight is 439 g/mol. The van der Waals surface area contributed by atoms with E-state index in [9.17, 15) is 4.79 Å². The first-order valence-electron chi connectivity index (χ1n) is 11.2. The fraction of sp³-hybridized carbons (Fsp3) is 0.565. The Morgan fingerprint density at radius 2 is 1.88 bits per heavy atom. The molecule has 170 valence electrons. The molecule has 1 amide bonds. The number of hydrogen-bond acceptors (Lipinski definition) is 7. The van der Waals surface area contributed by atoms with Gasteiger partial charge in [0.25, 0.3) is 0 Å². The van der Waals surface area contributed by atoms with Crippen molar-refractivity contribution in [1.29, 1.82) is 0 Å². The van der Waals surface area contributed by atoms with E-state index >= 15 is 0 Å². The lowest BCUT2D eigenvalue weighted by atomic mass is 10.0. The van der Waals surface area contributed by atoms with Crippen LogP contribution in [-0.2, 0) is 4.74 Å². The van der Waals surface area contributed by atoms with Crippen LogP contribution >= 0.6 is 0 Å². The maximum absolute atomic E-state index is 12.4. The van der Waals surface area contributed by atoms with Gasteiger partial charge in [-0.1, -0.05) is 17.3 Å². The highest BCUT2D eigenvalue weighted by Gasteiger charge is 2.44. The maximum Gasteiger partial charge on any atom is 0.410 e. The summed E-state index contributed by atoms with van der Waals surface area (Å²) in [7, 11) is 0. The van der Waals surface area contributed by atoms with E-state index in [1.807, 2.05) is 48.7 Å². The van der Waals surface area contributed by atoms with E-state index in [4.69, 9.17) is 9.26 Å². The number of carbonyl (C=O) groups is 1. The summed E-state index contributed by atoms with van der Waals surface area (Å²) in [6.07, 6.45) is 1.65. The number of anilines is 1. The molecular formula is C23H30N6O3. The van der Waals surface area contributed by atoms with E-state index in [1.54, 1.807) is 0 Å². The number of ether oxygens (including phenoxy) is 1. The zero-order chi connectivity index (χ0) is 22.6. The van der Waals surface area contributed by atoms with Gasteiger partial charge in [-0.15, -0.1) is 0 Å². The van der Waals surface area contributed by atoms with Gasteiger partial charge >= 0.3 is 12.1 Å². The van der Waals surface area contributed by atoms with E-state index in [-0.39, 0.29) is 12.1 Å². The highest BCUT2D eigenvalue weighted by Crippen LogP contribution is 2.35. The van der Waals surface area contributed by atoms with Gasteiger partial charge in [0.2, 0.25) is 5.82 Å². The minimum atomic E-state index is -0.475. The molecule has 2 atom stereocenters. The summed E-state index contributed by atoms with van der Waals surface area (Å²) in [6.45, 7) is 12.9. The molecule has 5 rings (SSSR count). The smallest absolute Gasteiger partial charge is 0.410 e. The normalized spacial score (nSPS) is 21.1. The van der Waals surface area contributed by atoms with Gasteiger partial charge in [0, 0.05) is 55.0 Å². The Morgan fingerprint density at radius 1 is 1.16 bits per heavy atom. The molecule has 2 saturated heterocycles. The first kappa shape index (κ1) is 20.8. The van der Waals surface area contributed by atoms with Crippen LogP contribution in [0.2, 0.25) is 0 Å². The van der Waals surface area contributed by atoms with Crippen LogP contribution in [0.1, 0.15) is 40.7 Å². The van der Waals surface area contributed by atoms with Crippen LogP contribution in [0.15, 0.2) is 28.9 Å². The minimum absolute atomic E-state index is 0.227. The van der Waals surface area contributed by atoms with Crippen LogP contribution in [0.4, 0.5) is 10.8 Å². The molecule has 0 aliphatic carbocycles. The van der Waals surface area contributed by atoms with Gasteiger partial charge in [0.05, 0.1) is 11.7 Å². The minimum Gasteiger partial charge on any atom is -0.444 e. The van der Waals surface area contributed by atoms with Gasteiger partial charge in [0.1, 0.15) is 5.60 Å². The molecule has 2 aliphatic heterocycles. The Morgan fingerprint density at radius 3 is 2.53 bits per heavy atom. The summed E-state index contributed by atoms with van der Waals surface area (Å²) in [6, 6.07) is 6.91. The number of fused-ring (bicyclic) bond motifs is 2. The van der Waals surface area contributed by atoms with E-state index in [0.29, 0.717) is 36.8 Å². The third-order valence-electron chi connectivity index (χ3n) is 6.17. The number of nitrogens with zero attached hydrogens (tertiary/aromatic N) is 6. The van der Waals surface area contributed by atoms with Gasteiger partial charge < -0.3 is 19.1 Å². The second-order valence-corrected chi connectivity index (χ2v) is 10.2. The number of benzene rings is 1. The molecule has 3 aromatic rings. The van der Waals surface area contributed by atoms with Crippen LogP contribution in [0.5, 0.6) is 0 Å². The molecule has 1 aromatic carbocycles. The van der Waals surface area contributed by atoms with Crippen molar-refractivity contribution < 1.29 is 14.1 Å². The second kappa shape index (κ2) is 7.50. The van der Waals surface area contributed by atoms with Crippen LogP contribution < -0.4 is 4.90 Å². The van der Waals surface area contributed by atoms with Gasteiger partial charge in [-0.05, 0) is 40.7 Å². The summed E-state index contributed by atoms with van der Waals surface area (Å²) in [5, 5.41) is 9.80. The maximum atomic E-state index is 12.4. The van der Waals surface area contributed by atoms with Crippen molar-refractivity contribution in [2.24, 2.45) is 11.8 Å². The highest BCUT2D eigenvalue weighted by atomic mass is 16.6. The Balaban J connectivity index is 1.28. The first-order valence-corrected chi connectivity index (χ1v) is 11.2. The zero-order valence-corrected chi connectivity index (χ0v) is 19.3. The van der Waals surface area contributed by atoms with E-state index in [2.05, 4.69) is 40.1 Å². The fourth-order valence-electron chi connectivity index (χ4n) is 4.67. The molecule has 2 fully saturated rings. The SMILES string of the molecule is CC(C)n1ncc2ccc(-c3noc(N4C[C@@H]5CN(C(=O)OC(C)(C)C)C[C@H]5C4)n3)cc21. The Bertz CT molecular complexity index is 1130. The summed E-state index contributed by atoms with van der Waals surface area (Å²) in [5.41, 5.74) is 1.49. The Kier molecular flexibility index (Phi) is 4.87. The van der Waals surface area contributed by atoms with Crippen molar-refractivity contribution in [3.8, 4) is 11.4 Å². The van der Waals surface area contributed by atoms with Crippen molar-refractivity contribution in [1.82, 2.24) is 24.8 Å². The number of likely N-dealkylation sites (tertiary alicyclic amines) is 1. The molecule has 0 N–H and O–H groups in total. The molecule has 0 radical (unpaired) electrons. The Hall–Kier alpha value is -3.10. The molecule has 0 bridgehead atoms. The van der Waals surface area contributed by atoms with Crippen molar-refractivity contribution in [3.63, 3.8) is 0 Å². The van der Waals surface area contributed by atoms with Gasteiger partial charge in [0.15, 0.2) is 0 Å². The van der Waals surface area contributed by atoms with E-state index in [0.717, 1.165) is 29.6 Å². The standard InChI is InChI=1S/C23H30N6O3/c1-14(2)29-19-8-15(6-7-16(19)9-24-29)20-25-21(32-26-20)27-10-17-12-28(13-18(17)11-27)22(30)31-23(3,4)5/h6-9,14,17-18H,10-13H2,1-5H3/t17-,18-/m1/s1. The largest absolute Gasteiger partial charge is 0.444 e. The van der Waals surface area contributed by atoms with Crippen LogP contribution in [-0.4, -0.2) is 62.7 Å². The molecule has 32 heavy (non-hydrogen) atoms. The van der Waals surface area contributed by atoms with E-state index in [1.165, 1.54) is 0 Å². The number of rotatable bonds is 3. The van der Waals surface area contributed by atoms with Gasteiger partial charge in [-0.25, -0.2) is 4.79 Å². The topological polar surface area (TPSA) is 89.5 Å². The summed E-state index contributed by atoms with van der Waals surface area (Å²) < 4.78 is 13.1. The van der Waals surface area contributed by atoms with E-state index < -0.39 is 5.60 Å². The Labute approximate surface area is 187 Å². The fourth-order valence-corrected chi connectivity index (χ4v) is 4.67. The number of aromatic nitrogens is 4. The molecule has 0 saturated carbocycles. The molecule has 0 spiro atoms. The lowest BCUT2D eigenvalue weighted by Gasteiger charge is -2.25. The molecule has 2 aliphatic rings. The second-order valence-electron chi connectivity index (χ2n) is 10.2. The average Bonchev–Trinajstić information content (AvgIpc) is 3.46. The highest BCUT2D eigenvalue weighted by molar-refractivity contribution is 5.83. The van der Waals surface area contributed by atoms with Crippen molar-refractivity contribution in [2.75, 3.05) is 31.1 Å². The molecule has 9 heteroatoms. The van der Waals surface area contributed by atoms with Crippen LogP contribution in [0, 0.1) is 11.8 Å². The number of hydrogen-bond donors (Lipinski definition) is 0. The van der Waals surface area contributed by atoms with Crippen molar-refractivity contribution in [3.05, 3.63) is 24.4 Å². The van der Waals surface area contributed by atoms with Crippen LogP contribution in [0.25, 0.3) is 22.3 Å². The molecular weight excluding hydrogens is 408 g/mol. The zero-order valence-electron chi connectivity index (χ0n) is 19.3. The number of amides is 1. The third-order valence-corrected chi connectivity index (χ3v) is 6.17. The lowest BCUT2D eigenvalue weighted by Crippen LogP contribution is -2.37. The third kappa shape index (κ3) is 3.80. The monoisotopic (exact) mass is 438 g/mol. The molecule has 4 heterocycles. The summed E-state index contributed by atoms with van der Waals surface area (Å²) in [4.78, 5) is 21.0. The first-order chi connectivity index (χ1) is 15.2. The molecule has 9 nitrogen and oxygen atoms in total. The van der Waals surface area contributed by atoms with Crippen LogP contribution in [0.3, 0.4) is 0 Å². The molecule has 0 unspecified atom stereocenters. The quantitative estimate of drug-likeness (QED) is 0.611. The number of carbonyl (C=O) groups excluding carboxylic acids is 1.